The van der Waals surface area contributed by atoms with E-state index in [2.05, 4.69) is 15.3 Å². The molecule has 0 aliphatic heterocycles. The second-order valence-electron chi connectivity index (χ2n) is 3.88. The molecular weight excluding hydrogens is 264 g/mol. The van der Waals surface area contributed by atoms with Gasteiger partial charge in [0.1, 0.15) is 16.8 Å². The summed E-state index contributed by atoms with van der Waals surface area (Å²) in [6.45, 7) is 4.07. The number of hydrogen-bond donors (Lipinski definition) is 2. The SMILES string of the molecule is CC(C)c1nc(Cl)cc(NCCS(N)(=O)=O)n1. The number of nitrogens with one attached hydrogen (secondary N) is 1. The maximum atomic E-state index is 10.7. The predicted octanol–water partition coefficient (Wildman–Crippen LogP) is 0.954. The predicted molar refractivity (Wildman–Crippen MR) is 67.6 cm³/mol. The van der Waals surface area contributed by atoms with E-state index in [4.69, 9.17) is 16.7 Å². The minimum absolute atomic E-state index is 0.146. The molecule has 1 rings (SSSR count). The van der Waals surface area contributed by atoms with Crippen molar-refractivity contribution in [1.29, 1.82) is 0 Å². The van der Waals surface area contributed by atoms with E-state index in [1.165, 1.54) is 6.07 Å². The third-order valence-electron chi connectivity index (χ3n) is 1.92. The van der Waals surface area contributed by atoms with Gasteiger partial charge >= 0.3 is 0 Å². The molecule has 17 heavy (non-hydrogen) atoms. The summed E-state index contributed by atoms with van der Waals surface area (Å²) in [5.41, 5.74) is 0. The van der Waals surface area contributed by atoms with Gasteiger partial charge in [-0.25, -0.2) is 23.5 Å². The number of aromatic nitrogens is 2. The lowest BCUT2D eigenvalue weighted by Gasteiger charge is -2.09. The molecule has 0 amide bonds. The fraction of sp³-hybridized carbons (Fsp3) is 0.556. The highest BCUT2D eigenvalue weighted by Gasteiger charge is 2.07. The van der Waals surface area contributed by atoms with Crippen molar-refractivity contribution in [2.75, 3.05) is 17.6 Å². The minimum Gasteiger partial charge on any atom is -0.369 e. The molecule has 0 fully saturated rings. The van der Waals surface area contributed by atoms with Gasteiger partial charge in [0.05, 0.1) is 5.75 Å². The highest BCUT2D eigenvalue weighted by Crippen LogP contribution is 2.16. The number of hydrogen-bond acceptors (Lipinski definition) is 5. The van der Waals surface area contributed by atoms with E-state index < -0.39 is 10.0 Å². The number of nitrogens with zero attached hydrogens (tertiary/aromatic N) is 2. The van der Waals surface area contributed by atoms with Crippen LogP contribution in [-0.4, -0.2) is 30.7 Å². The van der Waals surface area contributed by atoms with Crippen LogP contribution in [-0.2, 0) is 10.0 Å². The maximum Gasteiger partial charge on any atom is 0.210 e. The topological polar surface area (TPSA) is 98.0 Å². The van der Waals surface area contributed by atoms with Gasteiger partial charge in [0.25, 0.3) is 0 Å². The molecule has 1 aromatic rings. The fourth-order valence-corrected chi connectivity index (χ4v) is 1.68. The van der Waals surface area contributed by atoms with Gasteiger partial charge in [-0.15, -0.1) is 0 Å². The molecule has 0 bridgehead atoms. The van der Waals surface area contributed by atoms with Crippen LogP contribution in [0.3, 0.4) is 0 Å². The summed E-state index contributed by atoms with van der Waals surface area (Å²) in [7, 11) is -3.47. The Balaban J connectivity index is 2.71. The fourth-order valence-electron chi connectivity index (χ4n) is 1.11. The van der Waals surface area contributed by atoms with E-state index in [-0.39, 0.29) is 18.2 Å². The number of rotatable bonds is 5. The first kappa shape index (κ1) is 14.1. The van der Waals surface area contributed by atoms with Gasteiger partial charge in [0, 0.05) is 18.5 Å². The molecule has 0 radical (unpaired) electrons. The van der Waals surface area contributed by atoms with E-state index in [1.54, 1.807) is 0 Å². The zero-order valence-corrected chi connectivity index (χ0v) is 11.2. The molecule has 6 nitrogen and oxygen atoms in total. The molecule has 0 spiro atoms. The first-order valence-electron chi connectivity index (χ1n) is 5.07. The Labute approximate surface area is 106 Å². The first-order chi connectivity index (χ1) is 7.78. The number of primary sulfonamides is 1. The molecule has 0 unspecified atom stereocenters. The van der Waals surface area contributed by atoms with Gasteiger partial charge < -0.3 is 5.32 Å². The highest BCUT2D eigenvalue weighted by atomic mass is 35.5. The van der Waals surface area contributed by atoms with Gasteiger partial charge in [-0.3, -0.25) is 0 Å². The maximum absolute atomic E-state index is 10.7. The first-order valence-corrected chi connectivity index (χ1v) is 7.16. The van der Waals surface area contributed by atoms with E-state index in [0.717, 1.165) is 0 Å². The normalized spacial score (nSPS) is 11.8. The molecule has 0 aliphatic rings. The van der Waals surface area contributed by atoms with Crippen molar-refractivity contribution in [2.24, 2.45) is 5.14 Å². The standard InChI is InChI=1S/C9H15ClN4O2S/c1-6(2)9-13-7(10)5-8(14-9)12-3-4-17(11,15)16/h5-6H,3-4H2,1-2H3,(H2,11,15,16)(H,12,13,14). The lowest BCUT2D eigenvalue weighted by atomic mass is 10.2. The Morgan fingerprint density at radius 1 is 1.47 bits per heavy atom. The van der Waals surface area contributed by atoms with Crippen molar-refractivity contribution in [2.45, 2.75) is 19.8 Å². The van der Waals surface area contributed by atoms with Gasteiger partial charge in [-0.05, 0) is 0 Å². The smallest absolute Gasteiger partial charge is 0.210 e. The Morgan fingerprint density at radius 2 is 2.12 bits per heavy atom. The van der Waals surface area contributed by atoms with Crippen LogP contribution in [0.15, 0.2) is 6.07 Å². The Hall–Kier alpha value is -0.920. The van der Waals surface area contributed by atoms with Crippen LogP contribution in [0.1, 0.15) is 25.6 Å². The van der Waals surface area contributed by atoms with Crippen molar-refractivity contribution in [3.05, 3.63) is 17.0 Å². The van der Waals surface area contributed by atoms with Crippen molar-refractivity contribution < 1.29 is 8.42 Å². The molecule has 1 aromatic heterocycles. The van der Waals surface area contributed by atoms with Gasteiger partial charge in [-0.2, -0.15) is 0 Å². The Bertz CT molecular complexity index is 490. The summed E-state index contributed by atoms with van der Waals surface area (Å²) >= 11 is 5.83. The summed E-state index contributed by atoms with van der Waals surface area (Å²) in [4.78, 5) is 8.27. The van der Waals surface area contributed by atoms with E-state index in [0.29, 0.717) is 16.8 Å². The summed E-state index contributed by atoms with van der Waals surface area (Å²) < 4.78 is 21.5. The van der Waals surface area contributed by atoms with Crippen LogP contribution >= 0.6 is 11.6 Å². The zero-order valence-electron chi connectivity index (χ0n) is 9.64. The van der Waals surface area contributed by atoms with Crippen molar-refractivity contribution in [3.8, 4) is 0 Å². The van der Waals surface area contributed by atoms with Crippen LogP contribution in [0, 0.1) is 0 Å². The van der Waals surface area contributed by atoms with E-state index >= 15 is 0 Å². The van der Waals surface area contributed by atoms with Crippen molar-refractivity contribution >= 4 is 27.4 Å². The zero-order chi connectivity index (χ0) is 13.1. The number of halogens is 1. The number of anilines is 1. The van der Waals surface area contributed by atoms with Crippen LogP contribution in [0.5, 0.6) is 0 Å². The third-order valence-corrected chi connectivity index (χ3v) is 2.89. The Kier molecular flexibility index (Phi) is 4.67. The molecule has 0 saturated carbocycles. The molecule has 0 atom stereocenters. The van der Waals surface area contributed by atoms with E-state index in [1.807, 2.05) is 13.8 Å². The van der Waals surface area contributed by atoms with Crippen LogP contribution in [0.25, 0.3) is 0 Å². The van der Waals surface area contributed by atoms with Crippen LogP contribution in [0.2, 0.25) is 5.15 Å². The molecule has 0 saturated heterocycles. The number of sulfonamides is 1. The van der Waals surface area contributed by atoms with Crippen molar-refractivity contribution in [1.82, 2.24) is 9.97 Å². The molecule has 8 heteroatoms. The highest BCUT2D eigenvalue weighted by molar-refractivity contribution is 7.89. The monoisotopic (exact) mass is 278 g/mol. The summed E-state index contributed by atoms with van der Waals surface area (Å²) in [5, 5.41) is 8.04. The average molecular weight is 279 g/mol. The quantitative estimate of drug-likeness (QED) is 0.782. The van der Waals surface area contributed by atoms with Crippen molar-refractivity contribution in [3.63, 3.8) is 0 Å². The second-order valence-corrected chi connectivity index (χ2v) is 6.00. The molecule has 0 aliphatic carbocycles. The van der Waals surface area contributed by atoms with Gasteiger partial charge in [-0.1, -0.05) is 25.4 Å². The molecule has 3 N–H and O–H groups in total. The minimum atomic E-state index is -3.47. The lowest BCUT2D eigenvalue weighted by molar-refractivity contribution is 0.598. The van der Waals surface area contributed by atoms with Gasteiger partial charge in [0.2, 0.25) is 10.0 Å². The van der Waals surface area contributed by atoms with E-state index in [9.17, 15) is 8.42 Å². The second kappa shape index (κ2) is 5.61. The summed E-state index contributed by atoms with van der Waals surface area (Å²) in [5.74, 6) is 1.09. The summed E-state index contributed by atoms with van der Waals surface area (Å²) in [6.07, 6.45) is 0. The van der Waals surface area contributed by atoms with Gasteiger partial charge in [0.15, 0.2) is 0 Å². The average Bonchev–Trinajstić information content (AvgIpc) is 2.14. The third kappa shape index (κ3) is 5.29. The summed E-state index contributed by atoms with van der Waals surface area (Å²) in [6, 6.07) is 1.54. The molecule has 1 heterocycles. The molecular formula is C9H15ClN4O2S. The lowest BCUT2D eigenvalue weighted by Crippen LogP contribution is -2.22. The molecule has 96 valence electrons. The van der Waals surface area contributed by atoms with Crippen LogP contribution < -0.4 is 10.5 Å². The Morgan fingerprint density at radius 3 is 2.65 bits per heavy atom. The largest absolute Gasteiger partial charge is 0.369 e. The van der Waals surface area contributed by atoms with Crippen LogP contribution in [0.4, 0.5) is 5.82 Å². The number of nitrogens with two attached hydrogens (primary N) is 1. The molecule has 0 aromatic carbocycles.